The van der Waals surface area contributed by atoms with E-state index >= 15 is 0 Å². The number of Topliss-reactive ketones (excluding diaryl/α,β-unsaturated/α-hetero) is 1. The third kappa shape index (κ3) is 6.46. The molecule has 1 aliphatic heterocycles. The van der Waals surface area contributed by atoms with Gasteiger partial charge in [0.2, 0.25) is 0 Å². The molecule has 5 aliphatic rings. The van der Waals surface area contributed by atoms with Crippen molar-refractivity contribution >= 4 is 29.5 Å². The van der Waals surface area contributed by atoms with E-state index in [1.54, 1.807) is 0 Å². The second-order valence-electron chi connectivity index (χ2n) is 18.5. The molecule has 0 aromatic rings. The van der Waals surface area contributed by atoms with Gasteiger partial charge in [-0.05, 0) is 137 Å². The molecule has 1 heterocycles. The number of carbonyl (C=O) groups excluding carboxylic acids is 1. The maximum Gasteiger partial charge on any atom is 0.454 e. The van der Waals surface area contributed by atoms with Crippen LogP contribution in [0.3, 0.4) is 0 Å². The van der Waals surface area contributed by atoms with E-state index in [-0.39, 0.29) is 48.3 Å². The van der Waals surface area contributed by atoms with Gasteiger partial charge in [0.15, 0.2) is 16.6 Å². The highest BCUT2D eigenvalue weighted by molar-refractivity contribution is 6.70. The molecule has 13 atom stereocenters. The van der Waals surface area contributed by atoms with E-state index in [9.17, 15) is 4.79 Å². The average molecular weight is 633 g/mol. The van der Waals surface area contributed by atoms with Crippen LogP contribution in [0, 0.1) is 58.2 Å². The van der Waals surface area contributed by atoms with Gasteiger partial charge in [0, 0.05) is 12.3 Å². The van der Waals surface area contributed by atoms with Crippen molar-refractivity contribution in [1.82, 2.24) is 0 Å². The zero-order valence-corrected chi connectivity index (χ0v) is 32.0. The standard InChI is InChI=1S/C35H65BO5Si2/c1-21(2)22(3)32(40-42(8,9)10)33(41-43(11,12)13)23(4)25-14-15-26-24-18-29(37)28-19-30-31(39-36(7)38-30)20-35(28,6)27(24)16-17-34(25,26)5/h21-28,30-33H,14-20H2,1-13H3/t22-,23-,24?,25+,26?,27?,28+,30-,31+,32+,33+,34+,35+/m0/s1. The predicted octanol–water partition coefficient (Wildman–Crippen LogP) is 8.70. The Labute approximate surface area is 267 Å². The molecule has 5 fully saturated rings. The van der Waals surface area contributed by atoms with Crippen LogP contribution in [0.25, 0.3) is 0 Å². The molecular weight excluding hydrogens is 567 g/mol. The van der Waals surface area contributed by atoms with Gasteiger partial charge in [0.05, 0.1) is 24.4 Å². The van der Waals surface area contributed by atoms with E-state index < -0.39 is 16.6 Å². The molecule has 1 saturated heterocycles. The first-order chi connectivity index (χ1) is 19.7. The molecule has 0 amide bonds. The van der Waals surface area contributed by atoms with Crippen molar-refractivity contribution in [2.24, 2.45) is 58.2 Å². The number of hydrogen-bond acceptors (Lipinski definition) is 5. The fraction of sp³-hybridized carbons (Fsp3) is 0.971. The van der Waals surface area contributed by atoms with Crippen LogP contribution in [0.15, 0.2) is 0 Å². The van der Waals surface area contributed by atoms with Crippen LogP contribution in [-0.4, -0.2) is 54.0 Å². The molecule has 5 rings (SSSR count). The summed E-state index contributed by atoms with van der Waals surface area (Å²) in [7, 11) is -3.77. The van der Waals surface area contributed by atoms with Gasteiger partial charge in [-0.1, -0.05) is 41.5 Å². The molecule has 3 unspecified atom stereocenters. The maximum absolute atomic E-state index is 14.0. The van der Waals surface area contributed by atoms with E-state index in [2.05, 4.69) is 80.8 Å². The summed E-state index contributed by atoms with van der Waals surface area (Å²) in [6.07, 6.45) is 8.12. The Hall–Kier alpha value is 0.00870. The molecule has 0 aromatic carbocycles. The third-order valence-corrected chi connectivity index (χ3v) is 15.2. The smallest absolute Gasteiger partial charge is 0.412 e. The van der Waals surface area contributed by atoms with Crippen LogP contribution < -0.4 is 0 Å². The third-order valence-electron chi connectivity index (χ3n) is 13.3. The lowest BCUT2D eigenvalue weighted by molar-refractivity contribution is -0.165. The van der Waals surface area contributed by atoms with Crippen molar-refractivity contribution in [3.8, 4) is 0 Å². The van der Waals surface area contributed by atoms with E-state index in [0.29, 0.717) is 47.2 Å². The SMILES string of the molecule is CB1O[C@H]2C[C@@H]3C(=O)CC4C5CC[C@H]([C@H](C)[C@@H](O[Si](C)(C)C)[C@H](O[Si](C)(C)C)[C@@H](C)C(C)C)[C@@]5(C)CCC4[C@@]3(C)C[C@H]2O1. The highest BCUT2D eigenvalue weighted by atomic mass is 28.4. The van der Waals surface area contributed by atoms with Crippen molar-refractivity contribution in [3.05, 3.63) is 0 Å². The predicted molar refractivity (Wildman–Crippen MR) is 182 cm³/mol. The Morgan fingerprint density at radius 1 is 0.837 bits per heavy atom. The topological polar surface area (TPSA) is 54.0 Å². The number of hydrogen-bond donors (Lipinski definition) is 0. The van der Waals surface area contributed by atoms with Gasteiger partial charge in [-0.3, -0.25) is 4.79 Å². The molecule has 246 valence electrons. The minimum absolute atomic E-state index is 0.0338. The molecule has 0 radical (unpaired) electrons. The van der Waals surface area contributed by atoms with Crippen molar-refractivity contribution in [2.75, 3.05) is 0 Å². The molecule has 4 aliphatic carbocycles. The van der Waals surface area contributed by atoms with Crippen LogP contribution in [0.1, 0.15) is 86.5 Å². The van der Waals surface area contributed by atoms with E-state index in [4.69, 9.17) is 18.2 Å². The fourth-order valence-corrected chi connectivity index (χ4v) is 13.4. The molecule has 0 N–H and O–H groups in total. The monoisotopic (exact) mass is 632 g/mol. The highest BCUT2D eigenvalue weighted by Crippen LogP contribution is 2.68. The van der Waals surface area contributed by atoms with Gasteiger partial charge in [-0.2, -0.15) is 0 Å². The van der Waals surface area contributed by atoms with Gasteiger partial charge >= 0.3 is 7.12 Å². The number of ketones is 1. The summed E-state index contributed by atoms with van der Waals surface area (Å²) in [6, 6.07) is 0. The van der Waals surface area contributed by atoms with E-state index in [1.807, 2.05) is 6.82 Å². The number of rotatable bonds is 9. The molecule has 0 bridgehead atoms. The second kappa shape index (κ2) is 11.9. The van der Waals surface area contributed by atoms with Crippen LogP contribution in [0.2, 0.25) is 46.1 Å². The van der Waals surface area contributed by atoms with Gasteiger partial charge in [-0.25, -0.2) is 0 Å². The Morgan fingerprint density at radius 3 is 2.02 bits per heavy atom. The normalized spacial score (nSPS) is 42.6. The Bertz CT molecular complexity index is 1030. The summed E-state index contributed by atoms with van der Waals surface area (Å²) in [5, 5.41) is 0. The van der Waals surface area contributed by atoms with Crippen molar-refractivity contribution < 1.29 is 23.0 Å². The minimum atomic E-state index is -1.83. The second-order valence-corrected chi connectivity index (χ2v) is 27.5. The summed E-state index contributed by atoms with van der Waals surface area (Å²) in [5.74, 6) is 4.36. The van der Waals surface area contributed by atoms with Gasteiger partial charge in [-0.15, -0.1) is 0 Å². The summed E-state index contributed by atoms with van der Waals surface area (Å²) in [6.45, 7) is 30.7. The van der Waals surface area contributed by atoms with Crippen LogP contribution in [0.5, 0.6) is 0 Å². The Morgan fingerprint density at radius 2 is 1.42 bits per heavy atom. The first-order valence-electron chi connectivity index (χ1n) is 17.9. The average Bonchev–Trinajstić information content (AvgIpc) is 3.41. The molecule has 43 heavy (non-hydrogen) atoms. The summed E-state index contributed by atoms with van der Waals surface area (Å²) < 4.78 is 26.7. The molecule has 4 saturated carbocycles. The first-order valence-corrected chi connectivity index (χ1v) is 24.8. The molecule has 8 heteroatoms. The minimum Gasteiger partial charge on any atom is -0.412 e. The molecular formula is C35H65BO5Si2. The van der Waals surface area contributed by atoms with Crippen molar-refractivity contribution in [2.45, 2.75) is 157 Å². The zero-order chi connectivity index (χ0) is 31.9. The van der Waals surface area contributed by atoms with Gasteiger partial charge in [0.1, 0.15) is 5.78 Å². The summed E-state index contributed by atoms with van der Waals surface area (Å²) in [4.78, 5) is 14.0. The maximum atomic E-state index is 14.0. The lowest BCUT2D eigenvalue weighted by Gasteiger charge is -2.61. The highest BCUT2D eigenvalue weighted by Gasteiger charge is 2.65. The number of fused-ring (bicyclic) bond motifs is 6. The van der Waals surface area contributed by atoms with E-state index in [0.717, 1.165) is 19.3 Å². The Kier molecular flexibility index (Phi) is 9.52. The van der Waals surface area contributed by atoms with Crippen LogP contribution >= 0.6 is 0 Å². The zero-order valence-electron chi connectivity index (χ0n) is 30.0. The summed E-state index contributed by atoms with van der Waals surface area (Å²) >= 11 is 0. The molecule has 0 spiro atoms. The van der Waals surface area contributed by atoms with Crippen LogP contribution in [-0.2, 0) is 23.0 Å². The van der Waals surface area contributed by atoms with Crippen molar-refractivity contribution in [3.63, 3.8) is 0 Å². The van der Waals surface area contributed by atoms with Gasteiger partial charge < -0.3 is 18.2 Å². The molecule has 0 aromatic heterocycles. The summed E-state index contributed by atoms with van der Waals surface area (Å²) in [5.41, 5.74) is 0.278. The Balaban J connectivity index is 1.42. The lowest BCUT2D eigenvalue weighted by atomic mass is 9.44. The van der Waals surface area contributed by atoms with Gasteiger partial charge in [0.25, 0.3) is 0 Å². The first kappa shape index (κ1) is 34.3. The fourth-order valence-electron chi connectivity index (χ4n) is 11.1. The molecule has 5 nitrogen and oxygen atoms in total. The van der Waals surface area contributed by atoms with E-state index in [1.165, 1.54) is 25.7 Å². The van der Waals surface area contributed by atoms with Crippen LogP contribution in [0.4, 0.5) is 0 Å². The van der Waals surface area contributed by atoms with Crippen molar-refractivity contribution in [1.29, 1.82) is 0 Å². The number of carbonyl (C=O) groups is 1. The largest absolute Gasteiger partial charge is 0.454 e. The lowest BCUT2D eigenvalue weighted by Crippen LogP contribution is -2.59. The quantitative estimate of drug-likeness (QED) is 0.238.